The minimum absolute atomic E-state index is 0.0665. The zero-order valence-electron chi connectivity index (χ0n) is 16.0. The molecule has 1 fully saturated rings. The second-order valence-electron chi connectivity index (χ2n) is 6.89. The highest BCUT2D eigenvalue weighted by Gasteiger charge is 2.23. The largest absolute Gasteiger partial charge is 0.358 e. The maximum atomic E-state index is 11.3. The summed E-state index contributed by atoms with van der Waals surface area (Å²) in [7, 11) is 0. The third-order valence-corrected chi connectivity index (χ3v) is 5.74. The summed E-state index contributed by atoms with van der Waals surface area (Å²) in [6.45, 7) is 3.51. The van der Waals surface area contributed by atoms with Crippen molar-refractivity contribution in [2.45, 2.75) is 6.54 Å². The number of rotatable bonds is 4. The molecule has 3 aromatic rings. The van der Waals surface area contributed by atoms with Crippen LogP contribution < -0.4 is 10.2 Å². The Labute approximate surface area is 183 Å². The molecular formula is C20H19ClN6O2S. The van der Waals surface area contributed by atoms with Gasteiger partial charge in [-0.2, -0.15) is 0 Å². The van der Waals surface area contributed by atoms with Crippen LogP contribution in [0.1, 0.15) is 5.56 Å². The van der Waals surface area contributed by atoms with E-state index < -0.39 is 4.92 Å². The Morgan fingerprint density at radius 1 is 1.17 bits per heavy atom. The molecule has 0 bridgehead atoms. The van der Waals surface area contributed by atoms with Crippen LogP contribution in [0.2, 0.25) is 5.02 Å². The average Bonchev–Trinajstić information content (AvgIpc) is 2.77. The normalized spacial score (nSPS) is 14.0. The number of anilines is 1. The first-order chi connectivity index (χ1) is 14.5. The van der Waals surface area contributed by atoms with E-state index in [2.05, 4.69) is 37.2 Å². The van der Waals surface area contributed by atoms with Gasteiger partial charge in [0.15, 0.2) is 5.11 Å². The number of aromatic nitrogens is 2. The third kappa shape index (κ3) is 4.27. The van der Waals surface area contributed by atoms with Crippen LogP contribution in [0.5, 0.6) is 0 Å². The minimum atomic E-state index is -0.493. The molecule has 1 aliphatic heterocycles. The Bertz CT molecular complexity index is 1090. The Balaban J connectivity index is 1.45. The van der Waals surface area contributed by atoms with E-state index in [0.717, 1.165) is 13.1 Å². The highest BCUT2D eigenvalue weighted by Crippen LogP contribution is 2.33. The van der Waals surface area contributed by atoms with Crippen molar-refractivity contribution in [1.29, 1.82) is 0 Å². The fourth-order valence-electron chi connectivity index (χ4n) is 3.45. The van der Waals surface area contributed by atoms with Gasteiger partial charge in [0.2, 0.25) is 0 Å². The van der Waals surface area contributed by atoms with Gasteiger partial charge in [-0.25, -0.2) is 9.97 Å². The third-order valence-electron chi connectivity index (χ3n) is 5.03. The Hall–Kier alpha value is -3.04. The number of benzene rings is 2. The van der Waals surface area contributed by atoms with Crippen molar-refractivity contribution < 1.29 is 4.92 Å². The van der Waals surface area contributed by atoms with Crippen molar-refractivity contribution >= 4 is 51.3 Å². The summed E-state index contributed by atoms with van der Waals surface area (Å²) in [5.41, 5.74) is 1.61. The summed E-state index contributed by atoms with van der Waals surface area (Å²) in [5.74, 6) is 0.669. The molecule has 4 rings (SSSR count). The highest BCUT2D eigenvalue weighted by atomic mass is 35.5. The van der Waals surface area contributed by atoms with Gasteiger partial charge < -0.3 is 15.1 Å². The van der Waals surface area contributed by atoms with Gasteiger partial charge in [0, 0.05) is 44.2 Å². The number of hydrogen-bond acceptors (Lipinski definition) is 6. The van der Waals surface area contributed by atoms with Crippen LogP contribution in [0, 0.1) is 10.1 Å². The number of nitrogens with zero attached hydrogens (tertiary/aromatic N) is 5. The SMILES string of the molecule is O=[N+]([O-])c1cc2c(N3CCN(C(=S)NCc4ccccc4)CC3)ncnc2cc1Cl. The van der Waals surface area contributed by atoms with E-state index in [1.165, 1.54) is 24.0 Å². The van der Waals surface area contributed by atoms with Crippen LogP contribution in [0.4, 0.5) is 11.5 Å². The Kier molecular flexibility index (Phi) is 5.91. The number of nitro groups is 1. The summed E-state index contributed by atoms with van der Waals surface area (Å²) in [6.07, 6.45) is 1.46. The van der Waals surface area contributed by atoms with Crippen molar-refractivity contribution in [2.75, 3.05) is 31.1 Å². The van der Waals surface area contributed by atoms with Gasteiger partial charge in [-0.3, -0.25) is 10.1 Å². The molecular weight excluding hydrogens is 424 g/mol. The van der Waals surface area contributed by atoms with Crippen LogP contribution in [0.25, 0.3) is 10.9 Å². The molecule has 1 saturated heterocycles. The number of halogens is 1. The van der Waals surface area contributed by atoms with Crippen molar-refractivity contribution in [1.82, 2.24) is 20.2 Å². The zero-order chi connectivity index (χ0) is 21.1. The molecule has 0 spiro atoms. The maximum absolute atomic E-state index is 11.3. The van der Waals surface area contributed by atoms with Crippen molar-refractivity contribution in [3.8, 4) is 0 Å². The Morgan fingerprint density at radius 2 is 1.90 bits per heavy atom. The zero-order valence-corrected chi connectivity index (χ0v) is 17.6. The number of hydrogen-bond donors (Lipinski definition) is 1. The Morgan fingerprint density at radius 3 is 2.60 bits per heavy atom. The van der Waals surface area contributed by atoms with Crippen LogP contribution in [-0.2, 0) is 6.54 Å². The molecule has 0 amide bonds. The second kappa shape index (κ2) is 8.76. The number of nitro benzene ring substituents is 1. The van der Waals surface area contributed by atoms with Gasteiger partial charge in [-0.05, 0) is 23.8 Å². The summed E-state index contributed by atoms with van der Waals surface area (Å²) in [6, 6.07) is 13.1. The van der Waals surface area contributed by atoms with Crippen molar-refractivity contribution in [3.63, 3.8) is 0 Å². The lowest BCUT2D eigenvalue weighted by molar-refractivity contribution is -0.384. The molecule has 2 heterocycles. The fraction of sp³-hybridized carbons (Fsp3) is 0.250. The first kappa shape index (κ1) is 20.2. The van der Waals surface area contributed by atoms with E-state index in [4.69, 9.17) is 23.8 Å². The smallest absolute Gasteiger partial charge is 0.288 e. The molecule has 0 radical (unpaired) electrons. The number of fused-ring (bicyclic) bond motifs is 1. The predicted octanol–water partition coefficient (Wildman–Crippen LogP) is 3.39. The van der Waals surface area contributed by atoms with Gasteiger partial charge in [0.1, 0.15) is 17.2 Å². The second-order valence-corrected chi connectivity index (χ2v) is 7.69. The van der Waals surface area contributed by atoms with E-state index in [-0.39, 0.29) is 10.7 Å². The number of piperazine rings is 1. The number of thiocarbonyl (C=S) groups is 1. The molecule has 1 aromatic heterocycles. The van der Waals surface area contributed by atoms with Crippen LogP contribution in [-0.4, -0.2) is 51.1 Å². The molecule has 0 unspecified atom stereocenters. The number of nitrogens with one attached hydrogen (secondary N) is 1. The van der Waals surface area contributed by atoms with Gasteiger partial charge >= 0.3 is 0 Å². The first-order valence-electron chi connectivity index (χ1n) is 9.43. The van der Waals surface area contributed by atoms with Crippen LogP contribution in [0.3, 0.4) is 0 Å². The quantitative estimate of drug-likeness (QED) is 0.374. The summed E-state index contributed by atoms with van der Waals surface area (Å²) in [4.78, 5) is 23.6. The summed E-state index contributed by atoms with van der Waals surface area (Å²) < 4.78 is 0. The van der Waals surface area contributed by atoms with E-state index in [1.54, 1.807) is 0 Å². The average molecular weight is 443 g/mol. The van der Waals surface area contributed by atoms with E-state index >= 15 is 0 Å². The first-order valence-corrected chi connectivity index (χ1v) is 10.2. The lowest BCUT2D eigenvalue weighted by Gasteiger charge is -2.37. The molecule has 1 aliphatic rings. The molecule has 154 valence electrons. The lowest BCUT2D eigenvalue weighted by Crippen LogP contribution is -2.51. The summed E-state index contributed by atoms with van der Waals surface area (Å²) in [5, 5.41) is 16.0. The molecule has 0 saturated carbocycles. The van der Waals surface area contributed by atoms with Crippen molar-refractivity contribution in [2.24, 2.45) is 0 Å². The maximum Gasteiger partial charge on any atom is 0.288 e. The predicted molar refractivity (Wildman–Crippen MR) is 121 cm³/mol. The molecule has 0 atom stereocenters. The van der Waals surface area contributed by atoms with Crippen LogP contribution >= 0.6 is 23.8 Å². The van der Waals surface area contributed by atoms with E-state index in [0.29, 0.717) is 41.5 Å². The molecule has 1 N–H and O–H groups in total. The van der Waals surface area contributed by atoms with Crippen molar-refractivity contribution in [3.05, 3.63) is 69.5 Å². The summed E-state index contributed by atoms with van der Waals surface area (Å²) >= 11 is 11.6. The monoisotopic (exact) mass is 442 g/mol. The standard InChI is InChI=1S/C20H19ClN6O2S/c21-16-11-17-15(10-18(16)27(28)29)19(24-13-23-17)25-6-8-26(9-7-25)20(30)22-12-14-4-2-1-3-5-14/h1-5,10-11,13H,6-9,12H2,(H,22,30). The highest BCUT2D eigenvalue weighted by molar-refractivity contribution is 7.80. The topological polar surface area (TPSA) is 87.4 Å². The molecule has 0 aliphatic carbocycles. The van der Waals surface area contributed by atoms with E-state index in [1.807, 2.05) is 18.2 Å². The molecule has 8 nitrogen and oxygen atoms in total. The van der Waals surface area contributed by atoms with Crippen LogP contribution in [0.15, 0.2) is 48.8 Å². The van der Waals surface area contributed by atoms with Gasteiger partial charge in [0.25, 0.3) is 5.69 Å². The van der Waals surface area contributed by atoms with E-state index in [9.17, 15) is 10.1 Å². The fourth-order valence-corrected chi connectivity index (χ4v) is 3.93. The lowest BCUT2D eigenvalue weighted by atomic mass is 10.2. The minimum Gasteiger partial charge on any atom is -0.358 e. The molecule has 10 heteroatoms. The van der Waals surface area contributed by atoms with Gasteiger partial charge in [0.05, 0.1) is 10.4 Å². The van der Waals surface area contributed by atoms with Gasteiger partial charge in [-0.15, -0.1) is 0 Å². The molecule has 2 aromatic carbocycles. The molecule has 30 heavy (non-hydrogen) atoms. The van der Waals surface area contributed by atoms with Gasteiger partial charge in [-0.1, -0.05) is 41.9 Å².